The van der Waals surface area contributed by atoms with Crippen LogP contribution in [0.2, 0.25) is 0 Å². The Morgan fingerprint density at radius 3 is 3.00 bits per heavy atom. The predicted molar refractivity (Wildman–Crippen MR) is 76.2 cm³/mol. The fourth-order valence-corrected chi connectivity index (χ4v) is 3.20. The van der Waals surface area contributed by atoms with Crippen molar-refractivity contribution in [1.29, 1.82) is 0 Å². The number of rotatable bonds is 4. The summed E-state index contributed by atoms with van der Waals surface area (Å²) in [6.07, 6.45) is 0.876. The highest BCUT2D eigenvalue weighted by Crippen LogP contribution is 2.23. The molecule has 108 valence electrons. The second kappa shape index (κ2) is 6.60. The van der Waals surface area contributed by atoms with Gasteiger partial charge in [-0.15, -0.1) is 0 Å². The highest BCUT2D eigenvalue weighted by atomic mass is 32.2. The van der Waals surface area contributed by atoms with Gasteiger partial charge in [0.1, 0.15) is 5.82 Å². The number of nitrogens with one attached hydrogen (secondary N) is 1. The van der Waals surface area contributed by atoms with Crippen molar-refractivity contribution in [2.45, 2.75) is 13.0 Å². The van der Waals surface area contributed by atoms with Gasteiger partial charge in [-0.25, -0.2) is 4.39 Å². The van der Waals surface area contributed by atoms with Gasteiger partial charge in [0, 0.05) is 29.3 Å². The smallest absolute Gasteiger partial charge is 0.224 e. The van der Waals surface area contributed by atoms with Crippen molar-refractivity contribution < 1.29 is 14.4 Å². The summed E-state index contributed by atoms with van der Waals surface area (Å²) in [6, 6.07) is 4.25. The minimum Gasteiger partial charge on any atom is -0.409 e. The van der Waals surface area contributed by atoms with Crippen molar-refractivity contribution in [2.24, 2.45) is 16.8 Å². The molecule has 4 N–H and O–H groups in total. The summed E-state index contributed by atoms with van der Waals surface area (Å²) in [5.74, 6) is 1.18. The predicted octanol–water partition coefficient (Wildman–Crippen LogP) is 1.29. The molecule has 0 aliphatic carbocycles. The number of benzene rings is 1. The zero-order valence-corrected chi connectivity index (χ0v) is 11.6. The van der Waals surface area contributed by atoms with Gasteiger partial charge in [-0.3, -0.25) is 4.79 Å². The lowest BCUT2D eigenvalue weighted by Gasteiger charge is -2.11. The van der Waals surface area contributed by atoms with Crippen molar-refractivity contribution in [3.8, 4) is 0 Å². The lowest BCUT2D eigenvalue weighted by Crippen LogP contribution is -2.30. The van der Waals surface area contributed by atoms with E-state index < -0.39 is 5.82 Å². The fraction of sp³-hybridized carbons (Fsp3) is 0.385. The van der Waals surface area contributed by atoms with Gasteiger partial charge in [0.2, 0.25) is 5.91 Å². The van der Waals surface area contributed by atoms with Crippen LogP contribution < -0.4 is 11.1 Å². The van der Waals surface area contributed by atoms with Gasteiger partial charge in [0.15, 0.2) is 5.84 Å². The van der Waals surface area contributed by atoms with Crippen LogP contribution in [0.1, 0.15) is 17.5 Å². The average Bonchev–Trinajstić information content (AvgIpc) is 2.99. The monoisotopic (exact) mass is 297 g/mol. The summed E-state index contributed by atoms with van der Waals surface area (Å²) in [5, 5.41) is 14.1. The molecule has 0 saturated carbocycles. The summed E-state index contributed by atoms with van der Waals surface area (Å²) >= 11 is 1.76. The molecule has 1 unspecified atom stereocenters. The normalized spacial score (nSPS) is 19.1. The van der Waals surface area contributed by atoms with Gasteiger partial charge in [-0.05, 0) is 18.2 Å². The number of amidine groups is 1. The molecule has 7 heteroatoms. The zero-order valence-electron chi connectivity index (χ0n) is 10.8. The van der Waals surface area contributed by atoms with Crippen LogP contribution in [0, 0.1) is 11.7 Å². The minimum absolute atomic E-state index is 0.0273. The number of halogens is 1. The Morgan fingerprint density at radius 1 is 1.60 bits per heavy atom. The highest BCUT2D eigenvalue weighted by molar-refractivity contribution is 7.99. The largest absolute Gasteiger partial charge is 0.409 e. The molecule has 5 nitrogen and oxygen atoms in total. The van der Waals surface area contributed by atoms with Crippen molar-refractivity contribution in [2.75, 3.05) is 11.5 Å². The van der Waals surface area contributed by atoms with E-state index in [0.717, 1.165) is 17.9 Å². The van der Waals surface area contributed by atoms with Gasteiger partial charge < -0.3 is 16.3 Å². The van der Waals surface area contributed by atoms with Gasteiger partial charge in [-0.2, -0.15) is 11.8 Å². The van der Waals surface area contributed by atoms with Crippen LogP contribution in [-0.4, -0.2) is 28.5 Å². The maximum Gasteiger partial charge on any atom is 0.224 e. The molecule has 1 aliphatic rings. The van der Waals surface area contributed by atoms with E-state index in [1.54, 1.807) is 17.8 Å². The Morgan fingerprint density at radius 2 is 2.40 bits per heavy atom. The molecular formula is C13H16FN3O2S. The standard InChI is InChI=1S/C13H16FN3O2S/c14-11-5-8(12(15)17-19)1-2-9(11)6-16-13(18)10-3-4-20-7-10/h1-2,5,10,19H,3-4,6-7H2,(H2,15,17)(H,16,18). The summed E-state index contributed by atoms with van der Waals surface area (Å²) in [7, 11) is 0. The molecule has 0 spiro atoms. The minimum atomic E-state index is -0.491. The van der Waals surface area contributed by atoms with Gasteiger partial charge in [0.25, 0.3) is 0 Å². The van der Waals surface area contributed by atoms with Crippen molar-refractivity contribution in [1.82, 2.24) is 5.32 Å². The molecule has 20 heavy (non-hydrogen) atoms. The molecule has 1 aromatic carbocycles. The number of oxime groups is 1. The number of nitrogens with zero attached hydrogens (tertiary/aromatic N) is 1. The lowest BCUT2D eigenvalue weighted by atomic mass is 10.1. The van der Waals surface area contributed by atoms with E-state index in [4.69, 9.17) is 10.9 Å². The third-order valence-electron chi connectivity index (χ3n) is 3.21. The van der Waals surface area contributed by atoms with E-state index >= 15 is 0 Å². The number of nitrogens with two attached hydrogens (primary N) is 1. The van der Waals surface area contributed by atoms with Crippen LogP contribution in [0.3, 0.4) is 0 Å². The van der Waals surface area contributed by atoms with E-state index in [0.29, 0.717) is 11.1 Å². The molecule has 1 amide bonds. The summed E-state index contributed by atoms with van der Waals surface area (Å²) in [5.41, 5.74) is 6.05. The molecule has 1 saturated heterocycles. The second-order valence-electron chi connectivity index (χ2n) is 4.57. The molecule has 1 atom stereocenters. The van der Waals surface area contributed by atoms with E-state index in [9.17, 15) is 9.18 Å². The Hall–Kier alpha value is -1.76. The first-order valence-electron chi connectivity index (χ1n) is 6.23. The van der Waals surface area contributed by atoms with Crippen molar-refractivity contribution >= 4 is 23.5 Å². The van der Waals surface area contributed by atoms with Crippen LogP contribution in [-0.2, 0) is 11.3 Å². The Kier molecular flexibility index (Phi) is 4.84. The van der Waals surface area contributed by atoms with Gasteiger partial charge in [0.05, 0.1) is 0 Å². The fourth-order valence-electron chi connectivity index (χ4n) is 1.98. The first-order chi connectivity index (χ1) is 9.61. The molecule has 0 bridgehead atoms. The third-order valence-corrected chi connectivity index (χ3v) is 4.37. The highest BCUT2D eigenvalue weighted by Gasteiger charge is 2.22. The number of hydrogen-bond donors (Lipinski definition) is 3. The van der Waals surface area contributed by atoms with Crippen LogP contribution in [0.15, 0.2) is 23.4 Å². The quantitative estimate of drug-likeness (QED) is 0.338. The SMILES string of the molecule is NC(=NO)c1ccc(CNC(=O)C2CCSC2)c(F)c1. The van der Waals surface area contributed by atoms with Crippen LogP contribution in [0.4, 0.5) is 4.39 Å². The maximum absolute atomic E-state index is 13.8. The van der Waals surface area contributed by atoms with E-state index in [1.807, 2.05) is 0 Å². The van der Waals surface area contributed by atoms with Crippen LogP contribution >= 0.6 is 11.8 Å². The van der Waals surface area contributed by atoms with Crippen molar-refractivity contribution in [3.63, 3.8) is 0 Å². The Labute approximate surface area is 120 Å². The number of carbonyl (C=O) groups excluding carboxylic acids is 1. The second-order valence-corrected chi connectivity index (χ2v) is 5.72. The molecule has 2 rings (SSSR count). The summed E-state index contributed by atoms with van der Waals surface area (Å²) in [4.78, 5) is 11.8. The van der Waals surface area contributed by atoms with Gasteiger partial charge in [-0.1, -0.05) is 17.3 Å². The molecule has 0 aromatic heterocycles. The van der Waals surface area contributed by atoms with Crippen LogP contribution in [0.25, 0.3) is 0 Å². The Balaban J connectivity index is 1.97. The first-order valence-corrected chi connectivity index (χ1v) is 7.39. The number of hydrogen-bond acceptors (Lipinski definition) is 4. The molecule has 1 heterocycles. The van der Waals surface area contributed by atoms with E-state index in [1.165, 1.54) is 12.1 Å². The molecule has 0 radical (unpaired) electrons. The summed E-state index contributed by atoms with van der Waals surface area (Å²) in [6.45, 7) is 0.141. The van der Waals surface area contributed by atoms with Crippen LogP contribution in [0.5, 0.6) is 0 Å². The average molecular weight is 297 g/mol. The zero-order chi connectivity index (χ0) is 14.5. The van der Waals surface area contributed by atoms with Gasteiger partial charge >= 0.3 is 0 Å². The number of carbonyl (C=O) groups is 1. The number of thioether (sulfide) groups is 1. The van der Waals surface area contributed by atoms with E-state index in [-0.39, 0.29) is 24.2 Å². The molecule has 1 aliphatic heterocycles. The third kappa shape index (κ3) is 3.41. The Bertz CT molecular complexity index is 530. The number of amides is 1. The lowest BCUT2D eigenvalue weighted by molar-refractivity contribution is -0.124. The van der Waals surface area contributed by atoms with Crippen molar-refractivity contribution in [3.05, 3.63) is 35.1 Å². The topological polar surface area (TPSA) is 87.7 Å². The maximum atomic E-state index is 13.8. The first kappa shape index (κ1) is 14.6. The van der Waals surface area contributed by atoms with E-state index in [2.05, 4.69) is 10.5 Å². The summed E-state index contributed by atoms with van der Waals surface area (Å²) < 4.78 is 13.8. The molecule has 1 fully saturated rings. The molecular weight excluding hydrogens is 281 g/mol. The molecule has 1 aromatic rings.